The van der Waals surface area contributed by atoms with Gasteiger partial charge in [0, 0.05) is 6.54 Å². The number of benzene rings is 1. The summed E-state index contributed by atoms with van der Waals surface area (Å²) >= 11 is 0. The Kier molecular flexibility index (Phi) is 4.32. The molecule has 20 heavy (non-hydrogen) atoms. The summed E-state index contributed by atoms with van der Waals surface area (Å²) < 4.78 is 2.27. The molecule has 1 aromatic heterocycles. The normalized spacial score (nSPS) is 13.6. The first-order chi connectivity index (χ1) is 9.45. The molecule has 0 saturated heterocycles. The van der Waals surface area contributed by atoms with Crippen LogP contribution >= 0.6 is 0 Å². The third-order valence-corrected chi connectivity index (χ3v) is 3.91. The molecule has 0 aliphatic carbocycles. The molecule has 1 atom stereocenters. The third kappa shape index (κ3) is 3.12. The number of hydrogen-bond acceptors (Lipinski definition) is 1. The minimum atomic E-state index is 0.171. The van der Waals surface area contributed by atoms with Crippen molar-refractivity contribution < 1.29 is 0 Å². The van der Waals surface area contributed by atoms with Gasteiger partial charge < -0.3 is 4.57 Å². The molecule has 2 rings (SSSR count). The number of imidazole rings is 1. The van der Waals surface area contributed by atoms with Crippen LogP contribution in [-0.4, -0.2) is 9.55 Å². The lowest BCUT2D eigenvalue weighted by Crippen LogP contribution is -2.11. The summed E-state index contributed by atoms with van der Waals surface area (Å²) in [5, 5.41) is 0. The molecule has 1 aromatic carbocycles. The van der Waals surface area contributed by atoms with E-state index in [9.17, 15) is 0 Å². The smallest absolute Gasteiger partial charge is 0.0958 e. The van der Waals surface area contributed by atoms with Gasteiger partial charge in [-0.05, 0) is 35.4 Å². The van der Waals surface area contributed by atoms with Gasteiger partial charge in [0.1, 0.15) is 0 Å². The summed E-state index contributed by atoms with van der Waals surface area (Å²) in [4.78, 5) is 4.52. The highest BCUT2D eigenvalue weighted by atomic mass is 15.0. The number of allylic oxidation sites excluding steroid dienone is 1. The predicted molar refractivity (Wildman–Crippen MR) is 87.0 cm³/mol. The molecule has 0 bridgehead atoms. The van der Waals surface area contributed by atoms with Crippen molar-refractivity contribution in [3.05, 3.63) is 42.7 Å². The zero-order valence-corrected chi connectivity index (χ0v) is 13.2. The highest BCUT2D eigenvalue weighted by Gasteiger charge is 2.15. The summed E-state index contributed by atoms with van der Waals surface area (Å²) in [6.07, 6.45) is 6.41. The van der Waals surface area contributed by atoms with Crippen molar-refractivity contribution >= 4 is 11.0 Å². The molecule has 0 saturated carbocycles. The Morgan fingerprint density at radius 2 is 2.10 bits per heavy atom. The zero-order chi connectivity index (χ0) is 14.8. The summed E-state index contributed by atoms with van der Waals surface area (Å²) in [5.74, 6) is 0.524. The van der Waals surface area contributed by atoms with Gasteiger partial charge in [-0.1, -0.05) is 46.3 Å². The van der Waals surface area contributed by atoms with Crippen LogP contribution < -0.4 is 0 Å². The molecule has 108 valence electrons. The number of rotatable bonds is 5. The fourth-order valence-electron chi connectivity index (χ4n) is 2.58. The Hall–Kier alpha value is -1.57. The molecule has 0 N–H and O–H groups in total. The molecule has 1 unspecified atom stereocenters. The van der Waals surface area contributed by atoms with Crippen LogP contribution in [0.25, 0.3) is 11.0 Å². The van der Waals surface area contributed by atoms with E-state index in [1.54, 1.807) is 0 Å². The predicted octanol–water partition coefficient (Wildman–Crippen LogP) is 4.94. The van der Waals surface area contributed by atoms with E-state index in [1.807, 2.05) is 6.33 Å². The summed E-state index contributed by atoms with van der Waals surface area (Å²) in [6, 6.07) is 6.61. The van der Waals surface area contributed by atoms with Crippen LogP contribution in [0.2, 0.25) is 0 Å². The Morgan fingerprint density at radius 1 is 1.35 bits per heavy atom. The molecule has 1 heterocycles. The lowest BCUT2D eigenvalue weighted by Gasteiger charge is -2.19. The van der Waals surface area contributed by atoms with E-state index in [-0.39, 0.29) is 5.41 Å². The molecule has 2 aromatic rings. The number of aromatic nitrogens is 2. The highest BCUT2D eigenvalue weighted by Crippen LogP contribution is 2.26. The van der Waals surface area contributed by atoms with Crippen LogP contribution in [-0.2, 0) is 12.0 Å². The second-order valence-corrected chi connectivity index (χ2v) is 6.63. The van der Waals surface area contributed by atoms with E-state index in [1.165, 1.54) is 23.9 Å². The molecule has 0 fully saturated rings. The molecule has 0 aliphatic heterocycles. The Balaban J connectivity index is 2.36. The van der Waals surface area contributed by atoms with Crippen LogP contribution in [0.1, 0.15) is 46.1 Å². The topological polar surface area (TPSA) is 17.8 Å². The minimum absolute atomic E-state index is 0.171. The fourth-order valence-corrected chi connectivity index (χ4v) is 2.58. The summed E-state index contributed by atoms with van der Waals surface area (Å²) in [5.41, 5.74) is 3.85. The van der Waals surface area contributed by atoms with E-state index in [4.69, 9.17) is 0 Å². The van der Waals surface area contributed by atoms with Gasteiger partial charge in [0.15, 0.2) is 0 Å². The molecular formula is C18H26N2. The lowest BCUT2D eigenvalue weighted by atomic mass is 9.87. The van der Waals surface area contributed by atoms with Crippen LogP contribution in [0, 0.1) is 5.92 Å². The maximum Gasteiger partial charge on any atom is 0.0958 e. The minimum Gasteiger partial charge on any atom is -0.330 e. The first-order valence-electron chi connectivity index (χ1n) is 7.53. The summed E-state index contributed by atoms with van der Waals surface area (Å²) in [6.45, 7) is 13.9. The Morgan fingerprint density at radius 3 is 2.70 bits per heavy atom. The van der Waals surface area contributed by atoms with Gasteiger partial charge in [-0.25, -0.2) is 4.98 Å². The second kappa shape index (κ2) is 5.82. The molecular weight excluding hydrogens is 244 g/mol. The van der Waals surface area contributed by atoms with Crippen LogP contribution in [0.4, 0.5) is 0 Å². The average Bonchev–Trinajstić information content (AvgIpc) is 2.79. The van der Waals surface area contributed by atoms with Gasteiger partial charge in [0.25, 0.3) is 0 Å². The Bertz CT molecular complexity index is 587. The van der Waals surface area contributed by atoms with E-state index < -0.39 is 0 Å². The first-order valence-corrected chi connectivity index (χ1v) is 7.53. The van der Waals surface area contributed by atoms with Crippen molar-refractivity contribution in [1.82, 2.24) is 9.55 Å². The Labute approximate surface area is 122 Å². The van der Waals surface area contributed by atoms with Gasteiger partial charge in [-0.15, -0.1) is 6.58 Å². The van der Waals surface area contributed by atoms with Crippen molar-refractivity contribution in [3.8, 4) is 0 Å². The summed E-state index contributed by atoms with van der Waals surface area (Å²) in [7, 11) is 0. The molecule has 0 radical (unpaired) electrons. The highest BCUT2D eigenvalue weighted by molar-refractivity contribution is 5.76. The van der Waals surface area contributed by atoms with E-state index in [0.29, 0.717) is 5.92 Å². The molecule has 0 amide bonds. The quantitative estimate of drug-likeness (QED) is 0.704. The van der Waals surface area contributed by atoms with Crippen molar-refractivity contribution in [2.24, 2.45) is 5.92 Å². The van der Waals surface area contributed by atoms with Crippen molar-refractivity contribution in [1.29, 1.82) is 0 Å². The van der Waals surface area contributed by atoms with Gasteiger partial charge >= 0.3 is 0 Å². The van der Waals surface area contributed by atoms with Gasteiger partial charge in [0.05, 0.1) is 17.4 Å². The molecule has 0 spiro atoms. The fraction of sp³-hybridized carbons (Fsp3) is 0.500. The maximum absolute atomic E-state index is 4.52. The number of nitrogens with zero attached hydrogens (tertiary/aromatic N) is 2. The van der Waals surface area contributed by atoms with Crippen molar-refractivity contribution in [2.45, 2.75) is 52.5 Å². The van der Waals surface area contributed by atoms with Gasteiger partial charge in [0.2, 0.25) is 0 Å². The van der Waals surface area contributed by atoms with E-state index in [0.717, 1.165) is 12.1 Å². The monoisotopic (exact) mass is 270 g/mol. The third-order valence-electron chi connectivity index (χ3n) is 3.91. The average molecular weight is 270 g/mol. The number of fused-ring (bicyclic) bond motifs is 1. The van der Waals surface area contributed by atoms with Gasteiger partial charge in [-0.3, -0.25) is 0 Å². The van der Waals surface area contributed by atoms with Crippen LogP contribution in [0.3, 0.4) is 0 Å². The van der Waals surface area contributed by atoms with Gasteiger partial charge in [-0.2, -0.15) is 0 Å². The van der Waals surface area contributed by atoms with E-state index in [2.05, 4.69) is 68.1 Å². The maximum atomic E-state index is 4.52. The number of hydrogen-bond donors (Lipinski definition) is 0. The standard InChI is InChI=1S/C18H26N2/c1-6-8-14(7-2)12-20-13-19-16-10-9-15(11-17(16)20)18(3,4)5/h7,9-11,13-14H,2,6,8,12H2,1,3-5H3. The van der Waals surface area contributed by atoms with Crippen molar-refractivity contribution in [2.75, 3.05) is 0 Å². The zero-order valence-electron chi connectivity index (χ0n) is 13.2. The largest absolute Gasteiger partial charge is 0.330 e. The van der Waals surface area contributed by atoms with Crippen LogP contribution in [0.15, 0.2) is 37.2 Å². The SMILES string of the molecule is C=CC(CCC)Cn1cnc2ccc(C(C)(C)C)cc21. The molecule has 2 nitrogen and oxygen atoms in total. The van der Waals surface area contributed by atoms with Crippen molar-refractivity contribution in [3.63, 3.8) is 0 Å². The van der Waals surface area contributed by atoms with Crippen LogP contribution in [0.5, 0.6) is 0 Å². The lowest BCUT2D eigenvalue weighted by molar-refractivity contribution is 0.498. The van der Waals surface area contributed by atoms with E-state index >= 15 is 0 Å². The first kappa shape index (κ1) is 14.8. The molecule has 0 aliphatic rings. The molecule has 2 heteroatoms. The second-order valence-electron chi connectivity index (χ2n) is 6.63.